The van der Waals surface area contributed by atoms with Crippen molar-refractivity contribution < 1.29 is 4.79 Å². The summed E-state index contributed by atoms with van der Waals surface area (Å²) >= 11 is 0. The van der Waals surface area contributed by atoms with Crippen LogP contribution in [0.3, 0.4) is 0 Å². The van der Waals surface area contributed by atoms with E-state index in [0.717, 1.165) is 32.2 Å². The SMILES string of the molecule is CC1(C)CC1CNC(=O)C1(N)CCCCC1.Cl. The van der Waals surface area contributed by atoms with Gasteiger partial charge in [0.15, 0.2) is 0 Å². The lowest BCUT2D eigenvalue weighted by atomic mass is 9.82. The second kappa shape index (κ2) is 5.15. The molecule has 2 fully saturated rings. The zero-order chi connectivity index (χ0) is 11.8. The number of amides is 1. The lowest BCUT2D eigenvalue weighted by Crippen LogP contribution is -2.55. The summed E-state index contributed by atoms with van der Waals surface area (Å²) in [4.78, 5) is 12.0. The first-order valence-electron chi connectivity index (χ1n) is 6.51. The predicted molar refractivity (Wildman–Crippen MR) is 72.1 cm³/mol. The van der Waals surface area contributed by atoms with Crippen LogP contribution in [-0.2, 0) is 4.79 Å². The molecule has 0 aromatic heterocycles. The molecule has 0 spiro atoms. The number of rotatable bonds is 3. The Morgan fingerprint density at radius 1 is 1.29 bits per heavy atom. The molecule has 2 saturated carbocycles. The molecule has 0 bridgehead atoms. The van der Waals surface area contributed by atoms with Crippen molar-refractivity contribution in [3.63, 3.8) is 0 Å². The highest BCUT2D eigenvalue weighted by Gasteiger charge is 2.46. The van der Waals surface area contributed by atoms with E-state index in [0.29, 0.717) is 11.3 Å². The lowest BCUT2D eigenvalue weighted by Gasteiger charge is -2.31. The van der Waals surface area contributed by atoms with Gasteiger partial charge in [0, 0.05) is 6.54 Å². The molecule has 3 N–H and O–H groups in total. The van der Waals surface area contributed by atoms with E-state index in [9.17, 15) is 4.79 Å². The number of hydrogen-bond donors (Lipinski definition) is 2. The smallest absolute Gasteiger partial charge is 0.240 e. The van der Waals surface area contributed by atoms with E-state index in [-0.39, 0.29) is 18.3 Å². The molecule has 0 aliphatic heterocycles. The third kappa shape index (κ3) is 3.35. The van der Waals surface area contributed by atoms with Crippen molar-refractivity contribution in [3.05, 3.63) is 0 Å². The molecule has 2 aliphatic rings. The highest BCUT2D eigenvalue weighted by atomic mass is 35.5. The molecule has 0 radical (unpaired) electrons. The molecule has 0 heterocycles. The van der Waals surface area contributed by atoms with Crippen molar-refractivity contribution in [1.82, 2.24) is 5.32 Å². The van der Waals surface area contributed by atoms with Crippen molar-refractivity contribution in [3.8, 4) is 0 Å². The van der Waals surface area contributed by atoms with Crippen LogP contribution >= 0.6 is 12.4 Å². The van der Waals surface area contributed by atoms with Gasteiger partial charge in [-0.1, -0.05) is 33.1 Å². The fourth-order valence-electron chi connectivity index (χ4n) is 2.73. The summed E-state index contributed by atoms with van der Waals surface area (Å²) in [5.41, 5.74) is 6.02. The summed E-state index contributed by atoms with van der Waals surface area (Å²) < 4.78 is 0. The normalized spacial score (nSPS) is 29.0. The van der Waals surface area contributed by atoms with E-state index in [1.165, 1.54) is 12.8 Å². The van der Waals surface area contributed by atoms with Gasteiger partial charge in [-0.25, -0.2) is 0 Å². The third-order valence-electron chi connectivity index (χ3n) is 4.42. The van der Waals surface area contributed by atoms with Crippen molar-refractivity contribution in [2.45, 2.75) is 57.9 Å². The quantitative estimate of drug-likeness (QED) is 0.818. The fraction of sp³-hybridized carbons (Fsp3) is 0.923. The highest BCUT2D eigenvalue weighted by molar-refractivity contribution is 5.86. The molecule has 100 valence electrons. The lowest BCUT2D eigenvalue weighted by molar-refractivity contribution is -0.127. The van der Waals surface area contributed by atoms with E-state index in [1.54, 1.807) is 0 Å². The van der Waals surface area contributed by atoms with Crippen LogP contribution in [0.25, 0.3) is 0 Å². The fourth-order valence-corrected chi connectivity index (χ4v) is 2.73. The number of carbonyl (C=O) groups excluding carboxylic acids is 1. The van der Waals surface area contributed by atoms with Crippen molar-refractivity contribution in [1.29, 1.82) is 0 Å². The topological polar surface area (TPSA) is 55.1 Å². The monoisotopic (exact) mass is 260 g/mol. The first-order chi connectivity index (χ1) is 7.44. The van der Waals surface area contributed by atoms with E-state index in [1.807, 2.05) is 0 Å². The summed E-state index contributed by atoms with van der Waals surface area (Å²) in [6.07, 6.45) is 6.35. The standard InChI is InChI=1S/C13H24N2O.ClH/c1-12(2)8-10(12)9-15-11(16)13(14)6-4-3-5-7-13;/h10H,3-9,14H2,1-2H3,(H,15,16);1H. The molecule has 0 saturated heterocycles. The predicted octanol–water partition coefficient (Wildman–Crippen LogP) is 2.23. The van der Waals surface area contributed by atoms with Crippen LogP contribution in [0, 0.1) is 11.3 Å². The van der Waals surface area contributed by atoms with Crippen LogP contribution < -0.4 is 11.1 Å². The van der Waals surface area contributed by atoms with Crippen molar-refractivity contribution in [2.75, 3.05) is 6.54 Å². The molecule has 3 nitrogen and oxygen atoms in total. The summed E-state index contributed by atoms with van der Waals surface area (Å²) in [5, 5.41) is 3.05. The van der Waals surface area contributed by atoms with Gasteiger partial charge in [-0.15, -0.1) is 12.4 Å². The van der Waals surface area contributed by atoms with Crippen LogP contribution in [0.1, 0.15) is 52.4 Å². The van der Waals surface area contributed by atoms with Gasteiger partial charge in [0.05, 0.1) is 5.54 Å². The van der Waals surface area contributed by atoms with Crippen LogP contribution in [0.2, 0.25) is 0 Å². The summed E-state index contributed by atoms with van der Waals surface area (Å²) in [6.45, 7) is 5.32. The minimum atomic E-state index is -0.572. The van der Waals surface area contributed by atoms with Crippen LogP contribution in [0.4, 0.5) is 0 Å². The molecule has 1 unspecified atom stereocenters. The molecule has 0 aromatic rings. The van der Waals surface area contributed by atoms with Crippen LogP contribution in [0.5, 0.6) is 0 Å². The van der Waals surface area contributed by atoms with Gasteiger partial charge in [-0.05, 0) is 30.6 Å². The van der Waals surface area contributed by atoms with Gasteiger partial charge in [-0.3, -0.25) is 4.79 Å². The number of halogens is 1. The highest BCUT2D eigenvalue weighted by Crippen LogP contribution is 2.51. The number of nitrogens with two attached hydrogens (primary N) is 1. The largest absolute Gasteiger partial charge is 0.354 e. The summed E-state index contributed by atoms with van der Waals surface area (Å²) in [7, 11) is 0. The Balaban J connectivity index is 0.00000144. The van der Waals surface area contributed by atoms with Crippen LogP contribution in [-0.4, -0.2) is 18.0 Å². The van der Waals surface area contributed by atoms with Gasteiger partial charge >= 0.3 is 0 Å². The Morgan fingerprint density at radius 3 is 2.29 bits per heavy atom. The molecule has 4 heteroatoms. The molecular formula is C13H25ClN2O. The average Bonchev–Trinajstić information content (AvgIpc) is 2.84. The molecule has 2 aliphatic carbocycles. The Bertz CT molecular complexity index is 285. The second-order valence-electron chi connectivity index (χ2n) is 6.32. The van der Waals surface area contributed by atoms with Crippen molar-refractivity contribution >= 4 is 18.3 Å². The second-order valence-corrected chi connectivity index (χ2v) is 6.32. The molecule has 1 atom stereocenters. The first-order valence-corrected chi connectivity index (χ1v) is 6.51. The Kier molecular flexibility index (Phi) is 4.48. The minimum absolute atomic E-state index is 0. The number of nitrogens with one attached hydrogen (secondary N) is 1. The van der Waals surface area contributed by atoms with E-state index in [4.69, 9.17) is 5.73 Å². The van der Waals surface area contributed by atoms with E-state index >= 15 is 0 Å². The maximum atomic E-state index is 12.0. The maximum Gasteiger partial charge on any atom is 0.240 e. The number of carbonyl (C=O) groups is 1. The minimum Gasteiger partial charge on any atom is -0.354 e. The van der Waals surface area contributed by atoms with Gasteiger partial charge < -0.3 is 11.1 Å². The van der Waals surface area contributed by atoms with Gasteiger partial charge in [-0.2, -0.15) is 0 Å². The van der Waals surface area contributed by atoms with E-state index in [2.05, 4.69) is 19.2 Å². The zero-order valence-corrected chi connectivity index (χ0v) is 11.7. The third-order valence-corrected chi connectivity index (χ3v) is 4.42. The molecular weight excluding hydrogens is 236 g/mol. The summed E-state index contributed by atoms with van der Waals surface area (Å²) in [5.74, 6) is 0.735. The number of hydrogen-bond acceptors (Lipinski definition) is 2. The van der Waals surface area contributed by atoms with Crippen molar-refractivity contribution in [2.24, 2.45) is 17.1 Å². The summed E-state index contributed by atoms with van der Waals surface area (Å²) in [6, 6.07) is 0. The van der Waals surface area contributed by atoms with Gasteiger partial charge in [0.1, 0.15) is 0 Å². The molecule has 17 heavy (non-hydrogen) atoms. The average molecular weight is 261 g/mol. The Labute approximate surface area is 110 Å². The maximum absolute atomic E-state index is 12.0. The first kappa shape index (κ1) is 14.8. The zero-order valence-electron chi connectivity index (χ0n) is 10.9. The Hall–Kier alpha value is -0.280. The molecule has 0 aromatic carbocycles. The van der Waals surface area contributed by atoms with Crippen LogP contribution in [0.15, 0.2) is 0 Å². The molecule has 2 rings (SSSR count). The van der Waals surface area contributed by atoms with E-state index < -0.39 is 5.54 Å². The van der Waals surface area contributed by atoms with Gasteiger partial charge in [0.2, 0.25) is 5.91 Å². The van der Waals surface area contributed by atoms with Gasteiger partial charge in [0.25, 0.3) is 0 Å². The molecule has 1 amide bonds. The Morgan fingerprint density at radius 2 is 1.82 bits per heavy atom.